The molecular weight excluding hydrogens is 406 g/mol. The Balaban J connectivity index is 1.57. The van der Waals surface area contributed by atoms with Crippen LogP contribution in [0.4, 0.5) is 4.79 Å². The SMILES string of the molecule is CCSc1cc(C(=O)NCCN2C(=O)SC(=Cc3ccc(C)cc3)C2=O)ccn1. The van der Waals surface area contributed by atoms with Crippen LogP contribution >= 0.6 is 23.5 Å². The molecule has 0 bridgehead atoms. The number of thioether (sulfide) groups is 2. The fourth-order valence-corrected chi connectivity index (χ4v) is 4.17. The Kier molecular flexibility index (Phi) is 7.11. The third-order valence-corrected chi connectivity index (χ3v) is 5.87. The molecular formula is C21H21N3O3S2. The summed E-state index contributed by atoms with van der Waals surface area (Å²) in [5, 5.41) is 3.22. The molecule has 1 saturated heterocycles. The van der Waals surface area contributed by atoms with E-state index in [2.05, 4.69) is 10.3 Å². The summed E-state index contributed by atoms with van der Waals surface area (Å²) in [7, 11) is 0. The number of carbonyl (C=O) groups is 3. The summed E-state index contributed by atoms with van der Waals surface area (Å²) < 4.78 is 0. The summed E-state index contributed by atoms with van der Waals surface area (Å²) in [6, 6.07) is 11.1. The van der Waals surface area contributed by atoms with Crippen LogP contribution < -0.4 is 5.32 Å². The maximum absolute atomic E-state index is 12.5. The molecule has 2 aromatic rings. The minimum absolute atomic E-state index is 0.128. The average molecular weight is 428 g/mol. The quantitative estimate of drug-likeness (QED) is 0.532. The number of hydrogen-bond acceptors (Lipinski definition) is 6. The Morgan fingerprint density at radius 3 is 2.72 bits per heavy atom. The number of aryl methyl sites for hydroxylation is 1. The third-order valence-electron chi connectivity index (χ3n) is 4.16. The first-order chi connectivity index (χ1) is 14.0. The van der Waals surface area contributed by atoms with E-state index in [4.69, 9.17) is 0 Å². The van der Waals surface area contributed by atoms with Gasteiger partial charge in [0.05, 0.1) is 9.93 Å². The van der Waals surface area contributed by atoms with E-state index in [9.17, 15) is 14.4 Å². The molecule has 3 amide bonds. The summed E-state index contributed by atoms with van der Waals surface area (Å²) in [6.07, 6.45) is 3.31. The highest BCUT2D eigenvalue weighted by Gasteiger charge is 2.34. The van der Waals surface area contributed by atoms with E-state index in [-0.39, 0.29) is 30.1 Å². The highest BCUT2D eigenvalue weighted by atomic mass is 32.2. The van der Waals surface area contributed by atoms with Gasteiger partial charge >= 0.3 is 0 Å². The molecule has 1 aliphatic heterocycles. The second kappa shape index (κ2) is 9.76. The van der Waals surface area contributed by atoms with Crippen molar-refractivity contribution >= 4 is 46.7 Å². The first-order valence-corrected chi connectivity index (χ1v) is 11.0. The lowest BCUT2D eigenvalue weighted by Crippen LogP contribution is -2.37. The molecule has 2 heterocycles. The molecule has 0 spiro atoms. The molecule has 8 heteroatoms. The smallest absolute Gasteiger partial charge is 0.293 e. The summed E-state index contributed by atoms with van der Waals surface area (Å²) in [5.41, 5.74) is 2.50. The molecule has 1 aromatic heterocycles. The Hall–Kier alpha value is -2.58. The normalized spacial score (nSPS) is 15.2. The predicted octanol–water partition coefficient (Wildman–Crippen LogP) is 3.97. The van der Waals surface area contributed by atoms with Crippen LogP contribution in [0.15, 0.2) is 52.5 Å². The number of nitrogens with zero attached hydrogens (tertiary/aromatic N) is 2. The van der Waals surface area contributed by atoms with Crippen molar-refractivity contribution in [2.45, 2.75) is 18.9 Å². The van der Waals surface area contributed by atoms with Crippen LogP contribution in [0, 0.1) is 6.92 Å². The molecule has 0 atom stereocenters. The Morgan fingerprint density at radius 2 is 2.00 bits per heavy atom. The Bertz CT molecular complexity index is 958. The standard InChI is InChI=1S/C21H21N3O3S2/c1-3-28-18-13-16(8-9-22-18)19(25)23-10-11-24-20(26)17(29-21(24)27)12-15-6-4-14(2)5-7-15/h4-9,12-13H,3,10-11H2,1-2H3,(H,23,25). The van der Waals surface area contributed by atoms with Gasteiger partial charge in [0.1, 0.15) is 0 Å². The number of carbonyl (C=O) groups excluding carboxylic acids is 3. The molecule has 0 radical (unpaired) electrons. The first-order valence-electron chi connectivity index (χ1n) is 9.17. The van der Waals surface area contributed by atoms with E-state index in [0.29, 0.717) is 10.5 Å². The fourth-order valence-electron chi connectivity index (χ4n) is 2.67. The van der Waals surface area contributed by atoms with E-state index < -0.39 is 0 Å². The number of hydrogen-bond donors (Lipinski definition) is 1. The molecule has 1 aliphatic rings. The van der Waals surface area contributed by atoms with Gasteiger partial charge in [-0.2, -0.15) is 0 Å². The molecule has 1 fully saturated rings. The first kappa shape index (κ1) is 21.1. The second-order valence-electron chi connectivity index (χ2n) is 6.32. The minimum Gasteiger partial charge on any atom is -0.350 e. The van der Waals surface area contributed by atoms with E-state index in [0.717, 1.165) is 38.6 Å². The Morgan fingerprint density at radius 1 is 1.24 bits per heavy atom. The maximum Gasteiger partial charge on any atom is 0.293 e. The number of imide groups is 1. The van der Waals surface area contributed by atoms with Gasteiger partial charge in [-0.05, 0) is 48.2 Å². The third kappa shape index (κ3) is 5.48. The molecule has 6 nitrogen and oxygen atoms in total. The van der Waals surface area contributed by atoms with Gasteiger partial charge < -0.3 is 5.32 Å². The number of amides is 3. The molecule has 3 rings (SSSR count). The van der Waals surface area contributed by atoms with Crippen molar-refractivity contribution in [3.63, 3.8) is 0 Å². The van der Waals surface area contributed by atoms with Gasteiger partial charge in [-0.3, -0.25) is 19.3 Å². The van der Waals surface area contributed by atoms with Crippen molar-refractivity contribution < 1.29 is 14.4 Å². The average Bonchev–Trinajstić information content (AvgIpc) is 2.97. The molecule has 0 unspecified atom stereocenters. The van der Waals surface area contributed by atoms with Gasteiger partial charge in [-0.15, -0.1) is 11.8 Å². The second-order valence-corrected chi connectivity index (χ2v) is 8.59. The van der Waals surface area contributed by atoms with Gasteiger partial charge in [0, 0.05) is 24.8 Å². The van der Waals surface area contributed by atoms with Crippen LogP contribution in [-0.4, -0.2) is 45.8 Å². The number of rotatable bonds is 7. The highest BCUT2D eigenvalue weighted by Crippen LogP contribution is 2.31. The van der Waals surface area contributed by atoms with Crippen LogP contribution in [-0.2, 0) is 4.79 Å². The highest BCUT2D eigenvalue weighted by molar-refractivity contribution is 8.18. The van der Waals surface area contributed by atoms with Crippen molar-refractivity contribution in [1.29, 1.82) is 0 Å². The number of pyridine rings is 1. The molecule has 0 aliphatic carbocycles. The molecule has 150 valence electrons. The van der Waals surface area contributed by atoms with E-state index in [1.54, 1.807) is 36.2 Å². The molecule has 1 aromatic carbocycles. The van der Waals surface area contributed by atoms with Crippen molar-refractivity contribution in [2.24, 2.45) is 0 Å². The lowest BCUT2D eigenvalue weighted by Gasteiger charge is -2.13. The summed E-state index contributed by atoms with van der Waals surface area (Å²) in [6.45, 7) is 4.32. The van der Waals surface area contributed by atoms with Gasteiger partial charge in [0.25, 0.3) is 17.1 Å². The number of nitrogens with one attached hydrogen (secondary N) is 1. The summed E-state index contributed by atoms with van der Waals surface area (Å²) >= 11 is 2.47. The van der Waals surface area contributed by atoms with E-state index in [1.807, 2.05) is 38.1 Å². The van der Waals surface area contributed by atoms with Crippen LogP contribution in [0.3, 0.4) is 0 Å². The topological polar surface area (TPSA) is 79.4 Å². The summed E-state index contributed by atoms with van der Waals surface area (Å²) in [4.78, 5) is 42.8. The van der Waals surface area contributed by atoms with E-state index in [1.165, 1.54) is 0 Å². The van der Waals surface area contributed by atoms with Crippen molar-refractivity contribution in [2.75, 3.05) is 18.8 Å². The van der Waals surface area contributed by atoms with Gasteiger partial charge in [-0.25, -0.2) is 4.98 Å². The van der Waals surface area contributed by atoms with Crippen molar-refractivity contribution in [1.82, 2.24) is 15.2 Å². The molecule has 29 heavy (non-hydrogen) atoms. The van der Waals surface area contributed by atoms with Crippen molar-refractivity contribution in [3.05, 3.63) is 64.2 Å². The molecule has 1 N–H and O–H groups in total. The zero-order valence-corrected chi connectivity index (χ0v) is 17.8. The van der Waals surface area contributed by atoms with E-state index >= 15 is 0 Å². The summed E-state index contributed by atoms with van der Waals surface area (Å²) in [5.74, 6) is 0.278. The van der Waals surface area contributed by atoms with Crippen molar-refractivity contribution in [3.8, 4) is 0 Å². The lowest BCUT2D eigenvalue weighted by molar-refractivity contribution is -0.122. The number of aromatic nitrogens is 1. The largest absolute Gasteiger partial charge is 0.350 e. The van der Waals surface area contributed by atoms with Crippen LogP contribution in [0.1, 0.15) is 28.4 Å². The zero-order valence-electron chi connectivity index (χ0n) is 16.2. The van der Waals surface area contributed by atoms with Gasteiger partial charge in [0.2, 0.25) is 0 Å². The van der Waals surface area contributed by atoms with Gasteiger partial charge in [0.15, 0.2) is 0 Å². The Labute approximate surface area is 178 Å². The van der Waals surface area contributed by atoms with Crippen LogP contribution in [0.5, 0.6) is 0 Å². The maximum atomic E-state index is 12.5. The van der Waals surface area contributed by atoms with Crippen LogP contribution in [0.25, 0.3) is 6.08 Å². The minimum atomic E-state index is -0.333. The predicted molar refractivity (Wildman–Crippen MR) is 117 cm³/mol. The van der Waals surface area contributed by atoms with Crippen LogP contribution in [0.2, 0.25) is 0 Å². The monoisotopic (exact) mass is 427 g/mol. The lowest BCUT2D eigenvalue weighted by atomic mass is 10.1. The zero-order chi connectivity index (χ0) is 20.8. The molecule has 0 saturated carbocycles. The van der Waals surface area contributed by atoms with Gasteiger partial charge in [-0.1, -0.05) is 36.8 Å². The fraction of sp³-hybridized carbons (Fsp3) is 0.238. The number of benzene rings is 1.